The summed E-state index contributed by atoms with van der Waals surface area (Å²) in [6, 6.07) is 8.15. The van der Waals surface area contributed by atoms with Gasteiger partial charge in [-0.15, -0.1) is 12.4 Å². The summed E-state index contributed by atoms with van der Waals surface area (Å²) < 4.78 is 25.0. The van der Waals surface area contributed by atoms with Gasteiger partial charge in [0.05, 0.1) is 0 Å². The summed E-state index contributed by atoms with van der Waals surface area (Å²) in [5.74, 6) is 0.538. The van der Waals surface area contributed by atoms with Crippen molar-refractivity contribution in [3.05, 3.63) is 42.1 Å². The summed E-state index contributed by atoms with van der Waals surface area (Å²) in [5.41, 5.74) is 0.844. The zero-order valence-corrected chi connectivity index (χ0v) is 10.1. The second kappa shape index (κ2) is 6.20. The van der Waals surface area contributed by atoms with Gasteiger partial charge >= 0.3 is 6.55 Å². The predicted molar refractivity (Wildman–Crippen MR) is 66.2 cm³/mol. The molecule has 2 N–H and O–H groups in total. The lowest BCUT2D eigenvalue weighted by atomic mass is 10.2. The number of hydrogen-bond acceptors (Lipinski definition) is 3. The number of phenols is 1. The molecule has 98 valence electrons. The van der Waals surface area contributed by atoms with Gasteiger partial charge in [-0.1, -0.05) is 12.1 Å². The smallest absolute Gasteiger partial charge is 0.333 e. The molecule has 0 saturated heterocycles. The number of aromatic hydroxyl groups is 1. The number of hydrogen-bond donors (Lipinski definition) is 2. The fraction of sp³-hybridized carbons (Fsp3) is 0.182. The topological polar surface area (TPSA) is 50.1 Å². The van der Waals surface area contributed by atoms with Gasteiger partial charge in [-0.25, -0.2) is 4.68 Å². The van der Waals surface area contributed by atoms with Gasteiger partial charge in [-0.3, -0.25) is 0 Å². The zero-order valence-electron chi connectivity index (χ0n) is 9.25. The van der Waals surface area contributed by atoms with Crippen molar-refractivity contribution in [2.75, 3.05) is 5.32 Å². The molecule has 1 aromatic heterocycles. The number of nitrogens with one attached hydrogen (secondary N) is 1. The van der Waals surface area contributed by atoms with E-state index in [0.717, 1.165) is 5.56 Å². The summed E-state index contributed by atoms with van der Waals surface area (Å²) in [6.07, 6.45) is 1.20. The minimum absolute atomic E-state index is 0. The van der Waals surface area contributed by atoms with Gasteiger partial charge in [0, 0.05) is 18.8 Å². The van der Waals surface area contributed by atoms with E-state index >= 15 is 0 Å². The molecule has 0 bridgehead atoms. The Labute approximate surface area is 109 Å². The average molecular weight is 276 g/mol. The highest BCUT2D eigenvalue weighted by Gasteiger charge is 2.06. The molecule has 2 rings (SSSR count). The first kappa shape index (κ1) is 14.2. The third kappa shape index (κ3) is 3.59. The van der Waals surface area contributed by atoms with E-state index in [1.165, 1.54) is 12.3 Å². The highest BCUT2D eigenvalue weighted by Crippen LogP contribution is 2.14. The number of nitrogens with zero attached hydrogens (tertiary/aromatic N) is 2. The van der Waals surface area contributed by atoms with Crippen LogP contribution in [0, 0.1) is 0 Å². The molecule has 0 aliphatic carbocycles. The Morgan fingerprint density at radius 3 is 2.72 bits per heavy atom. The van der Waals surface area contributed by atoms with Crippen molar-refractivity contribution in [2.45, 2.75) is 13.1 Å². The molecule has 0 fully saturated rings. The monoisotopic (exact) mass is 275 g/mol. The van der Waals surface area contributed by atoms with Gasteiger partial charge in [0.15, 0.2) is 0 Å². The lowest BCUT2D eigenvalue weighted by Crippen LogP contribution is -2.02. The predicted octanol–water partition coefficient (Wildman–Crippen LogP) is 3.02. The fourth-order valence-electron chi connectivity index (χ4n) is 1.40. The molecule has 1 heterocycles. The normalized spacial score (nSPS) is 10.2. The van der Waals surface area contributed by atoms with Crippen LogP contribution < -0.4 is 5.32 Å². The number of anilines is 1. The lowest BCUT2D eigenvalue weighted by molar-refractivity contribution is 0.0569. The third-order valence-electron chi connectivity index (χ3n) is 2.19. The van der Waals surface area contributed by atoms with Gasteiger partial charge in [0.25, 0.3) is 0 Å². The third-order valence-corrected chi connectivity index (χ3v) is 2.19. The van der Waals surface area contributed by atoms with Crippen LogP contribution in [0.2, 0.25) is 0 Å². The fourth-order valence-corrected chi connectivity index (χ4v) is 1.40. The van der Waals surface area contributed by atoms with Crippen LogP contribution in [0.25, 0.3) is 0 Å². The molecule has 0 atom stereocenters. The highest BCUT2D eigenvalue weighted by molar-refractivity contribution is 5.85. The molecule has 0 amide bonds. The molecule has 0 radical (unpaired) electrons. The van der Waals surface area contributed by atoms with Crippen LogP contribution in [0.4, 0.5) is 14.6 Å². The van der Waals surface area contributed by atoms with Crippen molar-refractivity contribution in [1.82, 2.24) is 9.78 Å². The molecule has 0 spiro atoms. The minimum atomic E-state index is -2.63. The standard InChI is InChI=1S/C11H11F2N3O.ClH/c12-11(13)16-5-4-10(15-16)14-7-8-2-1-3-9(17)6-8;/h1-6,11,17H,7H2,(H,14,15);1H. The number of rotatable bonds is 4. The van der Waals surface area contributed by atoms with Gasteiger partial charge < -0.3 is 10.4 Å². The highest BCUT2D eigenvalue weighted by atomic mass is 35.5. The average Bonchev–Trinajstić information content (AvgIpc) is 2.75. The summed E-state index contributed by atoms with van der Waals surface area (Å²) in [7, 11) is 0. The van der Waals surface area contributed by atoms with Crippen molar-refractivity contribution in [1.29, 1.82) is 0 Å². The Morgan fingerprint density at radius 1 is 1.33 bits per heavy atom. The molecule has 0 saturated carbocycles. The van der Waals surface area contributed by atoms with Crippen molar-refractivity contribution in [3.8, 4) is 5.75 Å². The maximum absolute atomic E-state index is 12.2. The molecule has 4 nitrogen and oxygen atoms in total. The van der Waals surface area contributed by atoms with Gasteiger partial charge in [0.1, 0.15) is 11.6 Å². The Hall–Kier alpha value is -1.82. The van der Waals surface area contributed by atoms with E-state index < -0.39 is 6.55 Å². The van der Waals surface area contributed by atoms with Crippen LogP contribution in [0.5, 0.6) is 5.75 Å². The quantitative estimate of drug-likeness (QED) is 0.902. The van der Waals surface area contributed by atoms with Crippen LogP contribution in [0.1, 0.15) is 12.1 Å². The number of benzene rings is 1. The molecule has 0 unspecified atom stereocenters. The van der Waals surface area contributed by atoms with Crippen LogP contribution in [0.3, 0.4) is 0 Å². The van der Waals surface area contributed by atoms with E-state index in [9.17, 15) is 13.9 Å². The summed E-state index contributed by atoms with van der Waals surface area (Å²) in [4.78, 5) is 0. The van der Waals surface area contributed by atoms with Crippen molar-refractivity contribution >= 4 is 18.2 Å². The Balaban J connectivity index is 0.00000162. The first-order chi connectivity index (χ1) is 8.15. The summed E-state index contributed by atoms with van der Waals surface area (Å²) in [5, 5.41) is 15.8. The Morgan fingerprint density at radius 2 is 2.11 bits per heavy atom. The number of halogens is 3. The lowest BCUT2D eigenvalue weighted by Gasteiger charge is -2.03. The first-order valence-electron chi connectivity index (χ1n) is 5.00. The molecule has 0 aliphatic rings. The zero-order chi connectivity index (χ0) is 12.3. The molecule has 1 aromatic carbocycles. The first-order valence-corrected chi connectivity index (χ1v) is 5.00. The van der Waals surface area contributed by atoms with Crippen LogP contribution in [-0.2, 0) is 6.54 Å². The maximum atomic E-state index is 12.2. The van der Waals surface area contributed by atoms with Gasteiger partial charge in [-0.2, -0.15) is 13.9 Å². The number of phenolic OH excluding ortho intramolecular Hbond substituents is 1. The van der Waals surface area contributed by atoms with Gasteiger partial charge in [0.2, 0.25) is 0 Å². The number of aromatic nitrogens is 2. The molecule has 18 heavy (non-hydrogen) atoms. The maximum Gasteiger partial charge on any atom is 0.333 e. The van der Waals surface area contributed by atoms with E-state index in [1.807, 2.05) is 6.07 Å². The second-order valence-corrected chi connectivity index (χ2v) is 3.48. The SMILES string of the molecule is Cl.Oc1cccc(CNc2ccn(C(F)F)n2)c1. The minimum Gasteiger partial charge on any atom is -0.508 e. The Kier molecular flexibility index (Phi) is 4.91. The molecule has 7 heteroatoms. The van der Waals surface area contributed by atoms with E-state index in [-0.39, 0.29) is 18.2 Å². The summed E-state index contributed by atoms with van der Waals surface area (Å²) in [6.45, 7) is -2.22. The summed E-state index contributed by atoms with van der Waals surface area (Å²) >= 11 is 0. The Bertz CT molecular complexity index is 505. The van der Waals surface area contributed by atoms with E-state index in [2.05, 4.69) is 10.4 Å². The van der Waals surface area contributed by atoms with E-state index in [4.69, 9.17) is 0 Å². The molecule has 2 aromatic rings. The molecular weight excluding hydrogens is 264 g/mol. The van der Waals surface area contributed by atoms with E-state index in [1.54, 1.807) is 18.2 Å². The van der Waals surface area contributed by atoms with E-state index in [0.29, 0.717) is 17.0 Å². The van der Waals surface area contributed by atoms with Crippen molar-refractivity contribution < 1.29 is 13.9 Å². The van der Waals surface area contributed by atoms with Crippen molar-refractivity contribution in [3.63, 3.8) is 0 Å². The number of alkyl halides is 2. The largest absolute Gasteiger partial charge is 0.508 e. The molecular formula is C11H12ClF2N3O. The van der Waals surface area contributed by atoms with Crippen LogP contribution in [-0.4, -0.2) is 14.9 Å². The molecule has 0 aliphatic heterocycles. The van der Waals surface area contributed by atoms with Crippen molar-refractivity contribution in [2.24, 2.45) is 0 Å². The van der Waals surface area contributed by atoms with Crippen LogP contribution in [0.15, 0.2) is 36.5 Å². The second-order valence-electron chi connectivity index (χ2n) is 3.48. The van der Waals surface area contributed by atoms with Gasteiger partial charge in [-0.05, 0) is 17.7 Å². The van der Waals surface area contributed by atoms with Crippen LogP contribution >= 0.6 is 12.4 Å².